The van der Waals surface area contributed by atoms with E-state index in [1.54, 1.807) is 0 Å². The Morgan fingerprint density at radius 2 is 1.80 bits per heavy atom. The molecule has 0 saturated carbocycles. The lowest BCUT2D eigenvalue weighted by atomic mass is 10.0. The van der Waals surface area contributed by atoms with Gasteiger partial charge in [0.05, 0.1) is 11.0 Å². The van der Waals surface area contributed by atoms with E-state index in [0.717, 1.165) is 37.1 Å². The van der Waals surface area contributed by atoms with E-state index < -0.39 is 0 Å². The average molecular weight is 325 g/mol. The summed E-state index contributed by atoms with van der Waals surface area (Å²) >= 11 is 0. The molecule has 3 nitrogen and oxygen atoms in total. The Morgan fingerprint density at radius 3 is 2.76 bits per heavy atom. The molecule has 122 valence electrons. The molecule has 0 aliphatic carbocycles. The average Bonchev–Trinajstić information content (AvgIpc) is 2.66. The van der Waals surface area contributed by atoms with Gasteiger partial charge in [0, 0.05) is 37.9 Å². The van der Waals surface area contributed by atoms with Crippen molar-refractivity contribution in [2.75, 3.05) is 6.54 Å². The van der Waals surface area contributed by atoms with E-state index in [2.05, 4.69) is 58.4 Å². The molecule has 1 aliphatic rings. The van der Waals surface area contributed by atoms with Crippen molar-refractivity contribution < 1.29 is 0 Å². The van der Waals surface area contributed by atoms with Crippen LogP contribution in [0.25, 0.3) is 21.8 Å². The van der Waals surface area contributed by atoms with Crippen LogP contribution >= 0.6 is 0 Å². The molecule has 1 aliphatic heterocycles. The Labute approximate surface area is 147 Å². The minimum absolute atomic E-state index is 0.946. The minimum atomic E-state index is 0.946. The highest BCUT2D eigenvalue weighted by Gasteiger charge is 2.18. The van der Waals surface area contributed by atoms with E-state index in [1.807, 2.05) is 18.3 Å². The Balaban J connectivity index is 1.41. The molecular formula is C22H19N3. The van der Waals surface area contributed by atoms with Crippen LogP contribution in [-0.4, -0.2) is 21.4 Å². The van der Waals surface area contributed by atoms with E-state index in [9.17, 15) is 0 Å². The Morgan fingerprint density at radius 1 is 0.880 bits per heavy atom. The van der Waals surface area contributed by atoms with Gasteiger partial charge in [-0.15, -0.1) is 0 Å². The number of pyridine rings is 2. The molecular weight excluding hydrogens is 306 g/mol. The molecule has 2 aromatic carbocycles. The molecule has 0 unspecified atom stereocenters. The van der Waals surface area contributed by atoms with E-state index >= 15 is 0 Å². The van der Waals surface area contributed by atoms with Gasteiger partial charge in [-0.25, -0.2) is 0 Å². The van der Waals surface area contributed by atoms with Gasteiger partial charge < -0.3 is 0 Å². The van der Waals surface area contributed by atoms with Gasteiger partial charge in [0.2, 0.25) is 0 Å². The van der Waals surface area contributed by atoms with Gasteiger partial charge in [0.15, 0.2) is 0 Å². The number of rotatable bonds is 2. The summed E-state index contributed by atoms with van der Waals surface area (Å²) in [6, 6.07) is 21.5. The minimum Gasteiger partial charge on any atom is -0.294 e. The summed E-state index contributed by atoms with van der Waals surface area (Å²) in [7, 11) is 0. The fourth-order valence-electron chi connectivity index (χ4n) is 3.75. The van der Waals surface area contributed by atoms with Crippen LogP contribution in [0.15, 0.2) is 66.9 Å². The normalized spacial score (nSPS) is 14.7. The third-order valence-corrected chi connectivity index (χ3v) is 5.03. The summed E-state index contributed by atoms with van der Waals surface area (Å²) in [6.45, 7) is 2.98. The van der Waals surface area contributed by atoms with E-state index in [1.165, 1.54) is 27.6 Å². The van der Waals surface area contributed by atoms with Gasteiger partial charge in [0.25, 0.3) is 0 Å². The number of nitrogens with zero attached hydrogens (tertiary/aromatic N) is 3. The number of aromatic nitrogens is 2. The highest BCUT2D eigenvalue weighted by Crippen LogP contribution is 2.23. The van der Waals surface area contributed by atoms with Gasteiger partial charge in [-0.3, -0.25) is 14.9 Å². The Kier molecular flexibility index (Phi) is 3.46. The van der Waals surface area contributed by atoms with Crippen LogP contribution in [0.3, 0.4) is 0 Å². The third-order valence-electron chi connectivity index (χ3n) is 5.03. The molecule has 0 N–H and O–H groups in total. The van der Waals surface area contributed by atoms with Gasteiger partial charge in [-0.1, -0.05) is 36.4 Å². The summed E-state index contributed by atoms with van der Waals surface area (Å²) < 4.78 is 0. The molecule has 0 amide bonds. The first-order chi connectivity index (χ1) is 12.3. The molecule has 0 spiro atoms. The first-order valence-corrected chi connectivity index (χ1v) is 8.79. The van der Waals surface area contributed by atoms with Crippen LogP contribution in [0.5, 0.6) is 0 Å². The van der Waals surface area contributed by atoms with Gasteiger partial charge >= 0.3 is 0 Å². The summed E-state index contributed by atoms with van der Waals surface area (Å²) in [5.41, 5.74) is 5.92. The largest absolute Gasteiger partial charge is 0.294 e. The predicted octanol–water partition coefficient (Wildman–Crippen LogP) is 4.34. The second-order valence-corrected chi connectivity index (χ2v) is 6.78. The van der Waals surface area contributed by atoms with Gasteiger partial charge in [-0.05, 0) is 46.2 Å². The lowest BCUT2D eigenvalue weighted by molar-refractivity contribution is 0.244. The summed E-state index contributed by atoms with van der Waals surface area (Å²) in [4.78, 5) is 11.8. The van der Waals surface area contributed by atoms with Crippen LogP contribution in [0.2, 0.25) is 0 Å². The van der Waals surface area contributed by atoms with Crippen molar-refractivity contribution in [3.05, 3.63) is 83.7 Å². The van der Waals surface area contributed by atoms with Crippen LogP contribution in [0.1, 0.15) is 16.8 Å². The quantitative estimate of drug-likeness (QED) is 0.549. The van der Waals surface area contributed by atoms with E-state index in [0.29, 0.717) is 0 Å². The van der Waals surface area contributed by atoms with E-state index in [-0.39, 0.29) is 0 Å². The first-order valence-electron chi connectivity index (χ1n) is 8.79. The molecule has 2 aromatic heterocycles. The molecule has 25 heavy (non-hydrogen) atoms. The maximum absolute atomic E-state index is 4.81. The summed E-state index contributed by atoms with van der Waals surface area (Å²) in [6.07, 6.45) is 2.85. The lowest BCUT2D eigenvalue weighted by Crippen LogP contribution is -2.30. The monoisotopic (exact) mass is 325 g/mol. The second kappa shape index (κ2) is 5.94. The van der Waals surface area contributed by atoms with Crippen LogP contribution in [-0.2, 0) is 19.5 Å². The van der Waals surface area contributed by atoms with Crippen molar-refractivity contribution in [1.82, 2.24) is 14.9 Å². The molecule has 0 radical (unpaired) electrons. The fraction of sp³-hybridized carbons (Fsp3) is 0.182. The second-order valence-electron chi connectivity index (χ2n) is 6.78. The highest BCUT2D eigenvalue weighted by atomic mass is 15.1. The predicted molar refractivity (Wildman–Crippen MR) is 101 cm³/mol. The van der Waals surface area contributed by atoms with Crippen LogP contribution < -0.4 is 0 Å². The van der Waals surface area contributed by atoms with Crippen LogP contribution in [0.4, 0.5) is 0 Å². The molecule has 5 rings (SSSR count). The molecule has 4 aromatic rings. The Bertz CT molecular complexity index is 1070. The standard InChI is InChI=1S/C22H19N3/c1-2-5-18-12-16(7-8-17(18)4-1)14-25-11-9-20-19(15-25)13-22-21(24-20)6-3-10-23-22/h1-8,10,12-13H,9,11,14-15H2. The number of hydrogen-bond donors (Lipinski definition) is 0. The number of benzene rings is 2. The van der Waals surface area contributed by atoms with Crippen molar-refractivity contribution in [3.63, 3.8) is 0 Å². The van der Waals surface area contributed by atoms with Crippen molar-refractivity contribution >= 4 is 21.8 Å². The maximum Gasteiger partial charge on any atom is 0.0890 e. The third kappa shape index (κ3) is 2.77. The SMILES string of the molecule is c1ccc2cc(CN3CCc4nc5cccnc5cc4C3)ccc2c1. The van der Waals surface area contributed by atoms with Crippen molar-refractivity contribution in [1.29, 1.82) is 0 Å². The van der Waals surface area contributed by atoms with Crippen molar-refractivity contribution in [2.24, 2.45) is 0 Å². The smallest absolute Gasteiger partial charge is 0.0890 e. The molecule has 0 fully saturated rings. The zero-order valence-electron chi connectivity index (χ0n) is 14.0. The topological polar surface area (TPSA) is 29.0 Å². The summed E-state index contributed by atoms with van der Waals surface area (Å²) in [5, 5.41) is 2.62. The molecule has 0 bridgehead atoms. The summed E-state index contributed by atoms with van der Waals surface area (Å²) in [5.74, 6) is 0. The number of hydrogen-bond acceptors (Lipinski definition) is 3. The highest BCUT2D eigenvalue weighted by molar-refractivity contribution is 5.83. The van der Waals surface area contributed by atoms with Gasteiger partial charge in [-0.2, -0.15) is 0 Å². The maximum atomic E-state index is 4.81. The van der Waals surface area contributed by atoms with E-state index in [4.69, 9.17) is 4.98 Å². The van der Waals surface area contributed by atoms with Crippen molar-refractivity contribution in [2.45, 2.75) is 19.5 Å². The molecule has 0 saturated heterocycles. The Hall–Kier alpha value is -2.78. The van der Waals surface area contributed by atoms with Gasteiger partial charge in [0.1, 0.15) is 0 Å². The zero-order chi connectivity index (χ0) is 16.6. The lowest BCUT2D eigenvalue weighted by Gasteiger charge is -2.28. The fourth-order valence-corrected chi connectivity index (χ4v) is 3.75. The molecule has 0 atom stereocenters. The first kappa shape index (κ1) is 14.6. The zero-order valence-corrected chi connectivity index (χ0v) is 14.0. The van der Waals surface area contributed by atoms with Crippen molar-refractivity contribution in [3.8, 4) is 0 Å². The number of fused-ring (bicyclic) bond motifs is 3. The molecule has 3 heteroatoms. The molecule has 3 heterocycles. The van der Waals surface area contributed by atoms with Crippen LogP contribution in [0, 0.1) is 0 Å².